The van der Waals surface area contributed by atoms with Crippen LogP contribution in [0.4, 0.5) is 0 Å². The van der Waals surface area contributed by atoms with Crippen molar-refractivity contribution in [3.63, 3.8) is 0 Å². The molecule has 0 bridgehead atoms. The van der Waals surface area contributed by atoms with E-state index in [4.69, 9.17) is 5.11 Å². The lowest BCUT2D eigenvalue weighted by atomic mass is 9.78. The Morgan fingerprint density at radius 2 is 2.42 bits per heavy atom. The van der Waals surface area contributed by atoms with E-state index in [1.54, 1.807) is 6.08 Å². The average Bonchev–Trinajstić information content (AvgIpc) is 2.10. The lowest BCUT2D eigenvalue weighted by Gasteiger charge is -2.25. The predicted molar refractivity (Wildman–Crippen MR) is 47.8 cm³/mol. The lowest BCUT2D eigenvalue weighted by molar-refractivity contribution is -0.112. The Morgan fingerprint density at radius 3 is 2.92 bits per heavy atom. The molecule has 2 heteroatoms. The number of allylic oxidation sites excluding steroid dienone is 4. The molecular formula is C10H12O2. The second-order valence-corrected chi connectivity index (χ2v) is 3.24. The van der Waals surface area contributed by atoms with Crippen LogP contribution in [0.5, 0.6) is 0 Å². The maximum Gasteiger partial charge on any atom is 0.184 e. The molecule has 1 atom stereocenters. The van der Waals surface area contributed by atoms with E-state index in [1.807, 2.05) is 13.0 Å². The van der Waals surface area contributed by atoms with Crippen LogP contribution >= 0.6 is 0 Å². The molecule has 0 saturated heterocycles. The number of hydrogen-bond acceptors (Lipinski definition) is 2. The number of carbonyl (C=O) groups excluding carboxylic acids is 1. The summed E-state index contributed by atoms with van der Waals surface area (Å²) in [6, 6.07) is 0. The maximum absolute atomic E-state index is 11.1. The molecular weight excluding hydrogens is 152 g/mol. The van der Waals surface area contributed by atoms with Gasteiger partial charge in [0.05, 0.1) is 6.26 Å². The van der Waals surface area contributed by atoms with Crippen molar-refractivity contribution < 1.29 is 9.90 Å². The second kappa shape index (κ2) is 2.97. The Labute approximate surface area is 71.9 Å². The smallest absolute Gasteiger partial charge is 0.184 e. The van der Waals surface area contributed by atoms with Gasteiger partial charge >= 0.3 is 0 Å². The summed E-state index contributed by atoms with van der Waals surface area (Å²) >= 11 is 0. The van der Waals surface area contributed by atoms with Gasteiger partial charge in [0, 0.05) is 11.0 Å². The van der Waals surface area contributed by atoms with Gasteiger partial charge in [-0.05, 0) is 12.5 Å². The molecule has 0 aromatic carbocycles. The van der Waals surface area contributed by atoms with Crippen LogP contribution in [0, 0.1) is 5.41 Å². The second-order valence-electron chi connectivity index (χ2n) is 3.24. The molecule has 1 aliphatic carbocycles. The molecule has 0 aliphatic heterocycles. The first-order valence-corrected chi connectivity index (χ1v) is 3.82. The number of ketones is 1. The van der Waals surface area contributed by atoms with Gasteiger partial charge in [0.2, 0.25) is 0 Å². The van der Waals surface area contributed by atoms with E-state index in [-0.39, 0.29) is 11.2 Å². The monoisotopic (exact) mass is 164 g/mol. The molecule has 12 heavy (non-hydrogen) atoms. The van der Waals surface area contributed by atoms with Crippen molar-refractivity contribution in [2.75, 3.05) is 0 Å². The highest BCUT2D eigenvalue weighted by Crippen LogP contribution is 2.32. The Balaban J connectivity index is 3.00. The van der Waals surface area contributed by atoms with Crippen molar-refractivity contribution in [1.82, 2.24) is 0 Å². The Morgan fingerprint density at radius 1 is 1.75 bits per heavy atom. The first-order chi connectivity index (χ1) is 5.61. The molecule has 0 saturated carbocycles. The molecule has 0 spiro atoms. The van der Waals surface area contributed by atoms with Gasteiger partial charge in [-0.15, -0.1) is 6.58 Å². The quantitative estimate of drug-likeness (QED) is 0.366. The molecule has 0 fully saturated rings. The van der Waals surface area contributed by atoms with Crippen LogP contribution in [0.25, 0.3) is 0 Å². The number of carbonyl (C=O) groups is 1. The summed E-state index contributed by atoms with van der Waals surface area (Å²) < 4.78 is 0. The summed E-state index contributed by atoms with van der Waals surface area (Å²) in [7, 11) is 0. The van der Waals surface area contributed by atoms with Crippen molar-refractivity contribution >= 4 is 5.78 Å². The van der Waals surface area contributed by atoms with Crippen LogP contribution in [0.2, 0.25) is 0 Å². The zero-order chi connectivity index (χ0) is 9.19. The van der Waals surface area contributed by atoms with Gasteiger partial charge in [-0.25, -0.2) is 0 Å². The highest BCUT2D eigenvalue weighted by Gasteiger charge is 2.25. The van der Waals surface area contributed by atoms with Gasteiger partial charge in [-0.1, -0.05) is 19.1 Å². The summed E-state index contributed by atoms with van der Waals surface area (Å²) in [6.45, 7) is 5.64. The minimum Gasteiger partial charge on any atom is -0.515 e. The topological polar surface area (TPSA) is 37.3 Å². The predicted octanol–water partition coefficient (Wildman–Crippen LogP) is 2.15. The van der Waals surface area contributed by atoms with Crippen LogP contribution in [0.15, 0.2) is 36.6 Å². The van der Waals surface area contributed by atoms with E-state index >= 15 is 0 Å². The van der Waals surface area contributed by atoms with Crippen molar-refractivity contribution in [1.29, 1.82) is 0 Å². The van der Waals surface area contributed by atoms with Crippen LogP contribution in [-0.4, -0.2) is 10.9 Å². The Bertz CT molecular complexity index is 274. The molecule has 0 heterocycles. The average molecular weight is 164 g/mol. The number of aliphatic hydroxyl groups excluding tert-OH is 1. The highest BCUT2D eigenvalue weighted by molar-refractivity contribution is 6.04. The summed E-state index contributed by atoms with van der Waals surface area (Å²) in [5.41, 5.74) is 0.252. The molecule has 1 aliphatic rings. The summed E-state index contributed by atoms with van der Waals surface area (Å²) in [6.07, 6.45) is 6.48. The lowest BCUT2D eigenvalue weighted by Crippen LogP contribution is -2.19. The molecule has 0 aromatic heterocycles. The largest absolute Gasteiger partial charge is 0.515 e. The van der Waals surface area contributed by atoms with Crippen LogP contribution < -0.4 is 0 Å². The van der Waals surface area contributed by atoms with Crippen LogP contribution in [-0.2, 0) is 4.79 Å². The number of hydrogen-bond donors (Lipinski definition) is 1. The van der Waals surface area contributed by atoms with Crippen LogP contribution in [0.1, 0.15) is 13.3 Å². The van der Waals surface area contributed by atoms with E-state index < -0.39 is 0 Å². The van der Waals surface area contributed by atoms with E-state index in [1.165, 1.54) is 6.08 Å². The molecule has 0 aromatic rings. The third-order valence-corrected chi connectivity index (χ3v) is 2.13. The van der Waals surface area contributed by atoms with Gasteiger partial charge in [0.1, 0.15) is 0 Å². The van der Waals surface area contributed by atoms with Crippen molar-refractivity contribution in [2.24, 2.45) is 5.41 Å². The van der Waals surface area contributed by atoms with Gasteiger partial charge in [0.25, 0.3) is 0 Å². The molecule has 1 unspecified atom stereocenters. The summed E-state index contributed by atoms with van der Waals surface area (Å²) in [5.74, 6) is -0.114. The Hall–Kier alpha value is -1.31. The summed E-state index contributed by atoms with van der Waals surface area (Å²) in [4.78, 5) is 11.1. The highest BCUT2D eigenvalue weighted by atomic mass is 16.2. The molecule has 1 N–H and O–H groups in total. The first-order valence-electron chi connectivity index (χ1n) is 3.82. The molecule has 2 nitrogen and oxygen atoms in total. The van der Waals surface area contributed by atoms with Crippen molar-refractivity contribution in [3.05, 3.63) is 36.6 Å². The minimum absolute atomic E-state index is 0.114. The molecule has 64 valence electrons. The molecule has 1 rings (SSSR count). The normalized spacial score (nSPS) is 32.4. The fourth-order valence-corrected chi connectivity index (χ4v) is 1.18. The fraction of sp³-hybridized carbons (Fsp3) is 0.300. The Kier molecular flexibility index (Phi) is 2.18. The number of aliphatic hydroxyl groups is 1. The zero-order valence-electron chi connectivity index (χ0n) is 7.08. The molecule has 0 radical (unpaired) electrons. The third kappa shape index (κ3) is 1.47. The standard InChI is InChI=1S/C10H12O2/c1-3-10(2)5-4-9(12)8(6-10)7-11/h3-5,7,11H,1,6H2,2H3. The molecule has 0 amide bonds. The number of rotatable bonds is 1. The van der Waals surface area contributed by atoms with E-state index in [2.05, 4.69) is 6.58 Å². The fourth-order valence-electron chi connectivity index (χ4n) is 1.18. The van der Waals surface area contributed by atoms with Gasteiger partial charge < -0.3 is 5.11 Å². The minimum atomic E-state index is -0.192. The van der Waals surface area contributed by atoms with Gasteiger partial charge in [-0.3, -0.25) is 4.79 Å². The van der Waals surface area contributed by atoms with Crippen molar-refractivity contribution in [3.8, 4) is 0 Å². The van der Waals surface area contributed by atoms with E-state index in [0.717, 1.165) is 6.26 Å². The van der Waals surface area contributed by atoms with E-state index in [9.17, 15) is 4.79 Å². The SMILES string of the molecule is C=CC1(C)C=CC(=O)C(=CO)C1. The van der Waals surface area contributed by atoms with Crippen molar-refractivity contribution in [2.45, 2.75) is 13.3 Å². The van der Waals surface area contributed by atoms with Crippen LogP contribution in [0.3, 0.4) is 0 Å². The summed E-state index contributed by atoms with van der Waals surface area (Å²) in [5, 5.41) is 8.74. The maximum atomic E-state index is 11.1. The zero-order valence-corrected chi connectivity index (χ0v) is 7.08. The first kappa shape index (κ1) is 8.78. The third-order valence-electron chi connectivity index (χ3n) is 2.13. The van der Waals surface area contributed by atoms with Gasteiger partial charge in [-0.2, -0.15) is 0 Å². The van der Waals surface area contributed by atoms with Gasteiger partial charge in [0.15, 0.2) is 5.78 Å². The van der Waals surface area contributed by atoms with E-state index in [0.29, 0.717) is 12.0 Å².